The highest BCUT2D eigenvalue weighted by Gasteiger charge is 2.21. The van der Waals surface area contributed by atoms with Gasteiger partial charge in [-0.1, -0.05) is 17.7 Å². The first-order chi connectivity index (χ1) is 14.5. The van der Waals surface area contributed by atoms with E-state index in [-0.39, 0.29) is 12.2 Å². The Balaban J connectivity index is 2.01. The number of halogens is 1. The van der Waals surface area contributed by atoms with Gasteiger partial charge in [0.2, 0.25) is 0 Å². The number of aromatic nitrogens is 4. The molecule has 4 aromatic rings. The number of pyridine rings is 1. The molecular formula is C21H20ClN5O3. The molecule has 8 nitrogen and oxygen atoms in total. The predicted molar refractivity (Wildman–Crippen MR) is 117 cm³/mol. The molecule has 0 aliphatic carbocycles. The van der Waals surface area contributed by atoms with Crippen LogP contribution in [0.5, 0.6) is 5.75 Å². The Morgan fingerprint density at radius 1 is 1.30 bits per heavy atom. The Hall–Kier alpha value is -3.36. The van der Waals surface area contributed by atoms with Gasteiger partial charge in [0.1, 0.15) is 5.82 Å². The maximum atomic E-state index is 12.8. The summed E-state index contributed by atoms with van der Waals surface area (Å²) in [5.74, 6) is 1.06. The zero-order valence-corrected chi connectivity index (χ0v) is 17.2. The lowest BCUT2D eigenvalue weighted by Gasteiger charge is -2.13. The number of para-hydroxylation sites is 1. The fourth-order valence-electron chi connectivity index (χ4n) is 3.44. The minimum Gasteiger partial charge on any atom is -0.493 e. The molecule has 0 unspecified atom stereocenters. The second-order valence-corrected chi connectivity index (χ2v) is 7.08. The molecule has 0 radical (unpaired) electrons. The van der Waals surface area contributed by atoms with Gasteiger partial charge in [-0.15, -0.1) is 0 Å². The lowest BCUT2D eigenvalue weighted by molar-refractivity contribution is 0.300. The van der Waals surface area contributed by atoms with E-state index in [0.29, 0.717) is 56.7 Å². The highest BCUT2D eigenvalue weighted by atomic mass is 35.5. The van der Waals surface area contributed by atoms with Gasteiger partial charge in [0.05, 0.1) is 45.8 Å². The van der Waals surface area contributed by atoms with Crippen molar-refractivity contribution in [3.8, 4) is 17.1 Å². The van der Waals surface area contributed by atoms with Crippen molar-refractivity contribution in [2.45, 2.75) is 13.3 Å². The molecule has 1 aromatic carbocycles. The first-order valence-corrected chi connectivity index (χ1v) is 9.68. The molecule has 4 rings (SSSR count). The summed E-state index contributed by atoms with van der Waals surface area (Å²) in [4.78, 5) is 27.5. The molecule has 3 heterocycles. The predicted octanol–water partition coefficient (Wildman–Crippen LogP) is 3.56. The minimum absolute atomic E-state index is 0.0486. The van der Waals surface area contributed by atoms with Crippen LogP contribution in [0.4, 0.5) is 11.4 Å². The van der Waals surface area contributed by atoms with Crippen molar-refractivity contribution >= 4 is 33.9 Å². The Morgan fingerprint density at radius 3 is 2.87 bits per heavy atom. The fraction of sp³-hybridized carbons (Fsp3) is 0.190. The third kappa shape index (κ3) is 3.51. The lowest BCUT2D eigenvalue weighted by Crippen LogP contribution is -2.09. The Kier molecular flexibility index (Phi) is 5.43. The third-order valence-corrected chi connectivity index (χ3v) is 5.07. The Bertz CT molecular complexity index is 1280. The molecule has 3 aromatic heterocycles. The summed E-state index contributed by atoms with van der Waals surface area (Å²) in [6, 6.07) is 7.09. The highest BCUT2D eigenvalue weighted by molar-refractivity contribution is 6.32. The van der Waals surface area contributed by atoms with Crippen molar-refractivity contribution in [2.24, 2.45) is 0 Å². The Labute approximate surface area is 176 Å². The van der Waals surface area contributed by atoms with Crippen LogP contribution in [0.25, 0.3) is 22.3 Å². The van der Waals surface area contributed by atoms with Crippen LogP contribution in [0.2, 0.25) is 5.02 Å². The molecule has 0 saturated carbocycles. The first kappa shape index (κ1) is 19.9. The normalized spacial score (nSPS) is 11.1. The number of nitrogens with one attached hydrogen (secondary N) is 3. The maximum absolute atomic E-state index is 12.8. The van der Waals surface area contributed by atoms with Crippen LogP contribution in [0.3, 0.4) is 0 Å². The summed E-state index contributed by atoms with van der Waals surface area (Å²) in [7, 11) is 1.53. The monoisotopic (exact) mass is 425 g/mol. The number of hydrogen-bond donors (Lipinski definition) is 4. The second-order valence-electron chi connectivity index (χ2n) is 6.68. The van der Waals surface area contributed by atoms with E-state index in [4.69, 9.17) is 16.3 Å². The topological polar surface area (TPSA) is 116 Å². The molecule has 0 fully saturated rings. The summed E-state index contributed by atoms with van der Waals surface area (Å²) >= 11 is 6.27. The highest BCUT2D eigenvalue weighted by Crippen LogP contribution is 2.40. The molecule has 0 bridgehead atoms. The lowest BCUT2D eigenvalue weighted by atomic mass is 10.1. The molecule has 0 spiro atoms. The number of anilines is 2. The van der Waals surface area contributed by atoms with E-state index in [1.165, 1.54) is 7.11 Å². The number of benzene rings is 1. The number of methoxy groups -OCH3 is 1. The number of hydrogen-bond acceptors (Lipinski definition) is 6. The summed E-state index contributed by atoms with van der Waals surface area (Å²) in [5.41, 5.74) is 3.51. The molecule has 0 aliphatic rings. The molecule has 0 atom stereocenters. The maximum Gasteiger partial charge on any atom is 0.259 e. The number of ether oxygens (including phenoxy) is 1. The van der Waals surface area contributed by atoms with Crippen LogP contribution >= 0.6 is 11.6 Å². The van der Waals surface area contributed by atoms with E-state index in [1.54, 1.807) is 37.5 Å². The van der Waals surface area contributed by atoms with E-state index in [9.17, 15) is 9.90 Å². The molecule has 0 amide bonds. The minimum atomic E-state index is -0.275. The Morgan fingerprint density at radius 2 is 2.13 bits per heavy atom. The largest absolute Gasteiger partial charge is 0.493 e. The molecule has 4 N–H and O–H groups in total. The molecule has 30 heavy (non-hydrogen) atoms. The van der Waals surface area contributed by atoms with Crippen LogP contribution in [0.15, 0.2) is 41.5 Å². The summed E-state index contributed by atoms with van der Waals surface area (Å²) in [6.45, 7) is 1.75. The van der Waals surface area contributed by atoms with Crippen LogP contribution in [-0.4, -0.2) is 38.8 Å². The fourth-order valence-corrected chi connectivity index (χ4v) is 3.70. The standard InChI is InChI=1S/C21H20ClN5O3/c1-11-23-8-6-14(25-11)18-19(26-15-5-3-4-13(22)20(15)30-2)16-17(27-18)12(7-9-28)10-24-21(16)29/h3-6,8,10,26-28H,7,9H2,1-2H3,(H,24,29). The number of aryl methyl sites for hydroxylation is 1. The van der Waals surface area contributed by atoms with Crippen molar-refractivity contribution in [1.29, 1.82) is 0 Å². The van der Waals surface area contributed by atoms with E-state index in [1.807, 2.05) is 6.07 Å². The van der Waals surface area contributed by atoms with E-state index in [2.05, 4.69) is 25.3 Å². The third-order valence-electron chi connectivity index (χ3n) is 4.77. The molecular weight excluding hydrogens is 406 g/mol. The van der Waals surface area contributed by atoms with Gasteiger partial charge in [0.15, 0.2) is 5.75 Å². The van der Waals surface area contributed by atoms with Crippen LogP contribution in [0.1, 0.15) is 11.4 Å². The zero-order valence-electron chi connectivity index (χ0n) is 16.4. The van der Waals surface area contributed by atoms with Crippen molar-refractivity contribution in [2.75, 3.05) is 19.0 Å². The molecule has 154 valence electrons. The summed E-state index contributed by atoms with van der Waals surface area (Å²) in [6.07, 6.45) is 3.65. The first-order valence-electron chi connectivity index (χ1n) is 9.30. The second kappa shape index (κ2) is 8.17. The van der Waals surface area contributed by atoms with Gasteiger partial charge in [-0.3, -0.25) is 4.79 Å². The molecule has 9 heteroatoms. The number of aliphatic hydroxyl groups is 1. The average molecular weight is 426 g/mol. The van der Waals surface area contributed by atoms with Gasteiger partial charge in [-0.25, -0.2) is 9.97 Å². The van der Waals surface area contributed by atoms with Crippen molar-refractivity contribution < 1.29 is 9.84 Å². The van der Waals surface area contributed by atoms with Gasteiger partial charge in [0.25, 0.3) is 5.56 Å². The summed E-state index contributed by atoms with van der Waals surface area (Å²) < 4.78 is 5.44. The zero-order chi connectivity index (χ0) is 21.3. The molecule has 0 aliphatic heterocycles. The van der Waals surface area contributed by atoms with Crippen molar-refractivity contribution in [3.63, 3.8) is 0 Å². The number of nitrogens with zero attached hydrogens (tertiary/aromatic N) is 2. The van der Waals surface area contributed by atoms with Gasteiger partial charge >= 0.3 is 0 Å². The van der Waals surface area contributed by atoms with E-state index in [0.717, 1.165) is 5.56 Å². The van der Waals surface area contributed by atoms with Crippen LogP contribution in [0, 0.1) is 6.92 Å². The van der Waals surface area contributed by atoms with Gasteiger partial charge in [-0.2, -0.15) is 0 Å². The van der Waals surface area contributed by atoms with Gasteiger partial charge < -0.3 is 25.1 Å². The van der Waals surface area contributed by atoms with Gasteiger partial charge in [0, 0.05) is 19.0 Å². The average Bonchev–Trinajstić information content (AvgIpc) is 3.11. The smallest absolute Gasteiger partial charge is 0.259 e. The molecule has 0 saturated heterocycles. The van der Waals surface area contributed by atoms with Crippen molar-refractivity contribution in [3.05, 3.63) is 63.4 Å². The number of fused-ring (bicyclic) bond motifs is 1. The van der Waals surface area contributed by atoms with Crippen molar-refractivity contribution in [1.82, 2.24) is 19.9 Å². The number of aromatic amines is 2. The van der Waals surface area contributed by atoms with Crippen LogP contribution < -0.4 is 15.6 Å². The van der Waals surface area contributed by atoms with Gasteiger partial charge in [-0.05, 0) is 37.1 Å². The number of H-pyrrole nitrogens is 2. The quantitative estimate of drug-likeness (QED) is 0.375. The summed E-state index contributed by atoms with van der Waals surface area (Å²) in [5, 5.41) is 13.6. The van der Waals surface area contributed by atoms with E-state index >= 15 is 0 Å². The van der Waals surface area contributed by atoms with Crippen LogP contribution in [-0.2, 0) is 6.42 Å². The van der Waals surface area contributed by atoms with E-state index < -0.39 is 0 Å². The SMILES string of the molecule is COc1c(Cl)cccc1Nc1c(-c2ccnc(C)n2)[nH]c2c(CCO)c[nH]c(=O)c12. The number of aliphatic hydroxyl groups excluding tert-OH is 1. The number of rotatable bonds is 6.